The quantitative estimate of drug-likeness (QED) is 0.816. The van der Waals surface area contributed by atoms with Gasteiger partial charge in [0.05, 0.1) is 0 Å². The summed E-state index contributed by atoms with van der Waals surface area (Å²) in [5.41, 5.74) is 5.60. The molecule has 1 aromatic heterocycles. The number of carbonyl (C=O) groups is 1. The van der Waals surface area contributed by atoms with E-state index in [2.05, 4.69) is 0 Å². The molecule has 0 spiro atoms. The summed E-state index contributed by atoms with van der Waals surface area (Å²) in [6.07, 6.45) is 0. The third-order valence-corrected chi connectivity index (χ3v) is 1.96. The van der Waals surface area contributed by atoms with Crippen LogP contribution in [0, 0.1) is 5.82 Å². The van der Waals surface area contributed by atoms with Crippen molar-refractivity contribution in [2.75, 3.05) is 0 Å². The van der Waals surface area contributed by atoms with Gasteiger partial charge in [-0.05, 0) is 24.3 Å². The Kier molecular flexibility index (Phi) is 2.25. The summed E-state index contributed by atoms with van der Waals surface area (Å²) in [5.74, 6) is -0.514. The molecule has 1 aromatic carbocycles. The van der Waals surface area contributed by atoms with Crippen molar-refractivity contribution in [3.8, 4) is 11.3 Å². The van der Waals surface area contributed by atoms with Crippen molar-refractivity contribution in [1.29, 1.82) is 0 Å². The first-order chi connectivity index (χ1) is 7.16. The van der Waals surface area contributed by atoms with Gasteiger partial charge < -0.3 is 10.2 Å². The number of amides is 1. The number of primary amides is 1. The van der Waals surface area contributed by atoms with Crippen LogP contribution in [0.5, 0.6) is 0 Å². The summed E-state index contributed by atoms with van der Waals surface area (Å²) < 4.78 is 18.0. The van der Waals surface area contributed by atoms with E-state index in [0.29, 0.717) is 11.3 Å². The molecule has 1 heterocycles. The van der Waals surface area contributed by atoms with Gasteiger partial charge in [0.15, 0.2) is 5.76 Å². The van der Waals surface area contributed by atoms with Crippen LogP contribution in [0.4, 0.5) is 4.39 Å². The molecule has 1 amide bonds. The summed E-state index contributed by atoms with van der Waals surface area (Å²) in [4.78, 5) is 10.8. The molecular weight excluding hydrogens is 197 g/mol. The van der Waals surface area contributed by atoms with E-state index in [1.165, 1.54) is 18.2 Å². The van der Waals surface area contributed by atoms with E-state index < -0.39 is 5.91 Å². The summed E-state index contributed by atoms with van der Waals surface area (Å²) >= 11 is 0. The fourth-order valence-corrected chi connectivity index (χ4v) is 1.27. The number of carbonyl (C=O) groups excluding carboxylic acids is 1. The van der Waals surface area contributed by atoms with Gasteiger partial charge in [0, 0.05) is 5.56 Å². The molecule has 15 heavy (non-hydrogen) atoms. The monoisotopic (exact) mass is 205 g/mol. The summed E-state index contributed by atoms with van der Waals surface area (Å²) in [7, 11) is 0. The highest BCUT2D eigenvalue weighted by molar-refractivity contribution is 5.90. The van der Waals surface area contributed by atoms with Crippen LogP contribution < -0.4 is 5.73 Å². The number of hydrogen-bond donors (Lipinski definition) is 1. The molecule has 0 aliphatic heterocycles. The molecular formula is C11H8FNO2. The lowest BCUT2D eigenvalue weighted by Crippen LogP contribution is -2.09. The van der Waals surface area contributed by atoms with Gasteiger partial charge in [-0.25, -0.2) is 4.39 Å². The minimum absolute atomic E-state index is 0.0641. The Bertz CT molecular complexity index is 505. The largest absolute Gasteiger partial charge is 0.451 e. The average Bonchev–Trinajstić information content (AvgIpc) is 2.66. The van der Waals surface area contributed by atoms with Crippen molar-refractivity contribution in [2.45, 2.75) is 0 Å². The minimum Gasteiger partial charge on any atom is -0.451 e. The molecule has 0 unspecified atom stereocenters. The van der Waals surface area contributed by atoms with Gasteiger partial charge in [-0.3, -0.25) is 4.79 Å². The van der Waals surface area contributed by atoms with Crippen molar-refractivity contribution < 1.29 is 13.6 Å². The average molecular weight is 205 g/mol. The number of furan rings is 1. The SMILES string of the molecule is NC(=O)c1ccc(-c2cccc(F)c2)o1. The van der Waals surface area contributed by atoms with Crippen LogP contribution in [0.2, 0.25) is 0 Å². The Balaban J connectivity index is 2.41. The second-order valence-corrected chi connectivity index (χ2v) is 3.04. The predicted octanol–water partition coefficient (Wildman–Crippen LogP) is 2.18. The molecule has 0 fully saturated rings. The highest BCUT2D eigenvalue weighted by atomic mass is 19.1. The third kappa shape index (κ3) is 1.88. The molecule has 0 radical (unpaired) electrons. The second-order valence-electron chi connectivity index (χ2n) is 3.04. The van der Waals surface area contributed by atoms with Crippen LogP contribution in [0.1, 0.15) is 10.6 Å². The second kappa shape index (κ2) is 3.57. The zero-order valence-electron chi connectivity index (χ0n) is 7.74. The lowest BCUT2D eigenvalue weighted by molar-refractivity contribution is 0.0975. The normalized spacial score (nSPS) is 10.2. The van der Waals surface area contributed by atoms with E-state index in [0.717, 1.165) is 0 Å². The first kappa shape index (κ1) is 9.45. The topological polar surface area (TPSA) is 56.2 Å². The van der Waals surface area contributed by atoms with Crippen LogP contribution in [0.3, 0.4) is 0 Å². The maximum absolute atomic E-state index is 12.9. The molecule has 0 saturated carbocycles. The molecule has 0 atom stereocenters. The van der Waals surface area contributed by atoms with Gasteiger partial charge >= 0.3 is 0 Å². The number of halogens is 1. The Morgan fingerprint density at radius 3 is 2.67 bits per heavy atom. The Morgan fingerprint density at radius 2 is 2.07 bits per heavy atom. The molecule has 0 saturated heterocycles. The molecule has 0 aliphatic carbocycles. The van der Waals surface area contributed by atoms with Gasteiger partial charge in [0.1, 0.15) is 11.6 Å². The molecule has 0 aliphatic rings. The fraction of sp³-hybridized carbons (Fsp3) is 0. The summed E-state index contributed by atoms with van der Waals surface area (Å²) in [6.45, 7) is 0. The number of hydrogen-bond acceptors (Lipinski definition) is 2. The van der Waals surface area contributed by atoms with Crippen molar-refractivity contribution in [1.82, 2.24) is 0 Å². The maximum atomic E-state index is 12.9. The molecule has 2 rings (SSSR count). The van der Waals surface area contributed by atoms with E-state index >= 15 is 0 Å². The zero-order chi connectivity index (χ0) is 10.8. The minimum atomic E-state index is -0.641. The molecule has 4 heteroatoms. The van der Waals surface area contributed by atoms with Crippen LogP contribution in [-0.2, 0) is 0 Å². The van der Waals surface area contributed by atoms with E-state index in [-0.39, 0.29) is 11.6 Å². The first-order valence-electron chi connectivity index (χ1n) is 4.32. The van der Waals surface area contributed by atoms with Gasteiger partial charge in [0.2, 0.25) is 0 Å². The number of rotatable bonds is 2. The molecule has 0 bridgehead atoms. The van der Waals surface area contributed by atoms with Crippen molar-refractivity contribution >= 4 is 5.91 Å². The van der Waals surface area contributed by atoms with Gasteiger partial charge in [0.25, 0.3) is 5.91 Å². The van der Waals surface area contributed by atoms with Crippen molar-refractivity contribution in [3.63, 3.8) is 0 Å². The van der Waals surface area contributed by atoms with Gasteiger partial charge in [-0.1, -0.05) is 12.1 Å². The van der Waals surface area contributed by atoms with Crippen molar-refractivity contribution in [2.24, 2.45) is 5.73 Å². The van der Waals surface area contributed by atoms with Gasteiger partial charge in [-0.2, -0.15) is 0 Å². The standard InChI is InChI=1S/C11H8FNO2/c12-8-3-1-2-7(6-8)9-4-5-10(15-9)11(13)14/h1-6H,(H2,13,14). The summed E-state index contributed by atoms with van der Waals surface area (Å²) in [6, 6.07) is 8.95. The fourth-order valence-electron chi connectivity index (χ4n) is 1.27. The van der Waals surface area contributed by atoms with E-state index in [9.17, 15) is 9.18 Å². The Morgan fingerprint density at radius 1 is 1.27 bits per heavy atom. The van der Waals surface area contributed by atoms with E-state index in [1.807, 2.05) is 0 Å². The van der Waals surface area contributed by atoms with Crippen LogP contribution in [0.25, 0.3) is 11.3 Å². The van der Waals surface area contributed by atoms with Crippen molar-refractivity contribution in [3.05, 3.63) is 48.0 Å². The lowest BCUT2D eigenvalue weighted by Gasteiger charge is -1.96. The number of benzene rings is 1. The summed E-state index contributed by atoms with van der Waals surface area (Å²) in [5, 5.41) is 0. The van der Waals surface area contributed by atoms with Crippen LogP contribution in [-0.4, -0.2) is 5.91 Å². The molecule has 3 nitrogen and oxygen atoms in total. The lowest BCUT2D eigenvalue weighted by atomic mass is 10.2. The highest BCUT2D eigenvalue weighted by Gasteiger charge is 2.08. The zero-order valence-corrected chi connectivity index (χ0v) is 7.74. The third-order valence-electron chi connectivity index (χ3n) is 1.96. The first-order valence-corrected chi connectivity index (χ1v) is 4.32. The van der Waals surface area contributed by atoms with Gasteiger partial charge in [-0.15, -0.1) is 0 Å². The molecule has 76 valence electrons. The van der Waals surface area contributed by atoms with Crippen LogP contribution >= 0.6 is 0 Å². The number of nitrogens with two attached hydrogens (primary N) is 1. The van der Waals surface area contributed by atoms with Crippen LogP contribution in [0.15, 0.2) is 40.8 Å². The van der Waals surface area contributed by atoms with E-state index in [1.54, 1.807) is 18.2 Å². The maximum Gasteiger partial charge on any atom is 0.284 e. The molecule has 2 N–H and O–H groups in total. The smallest absolute Gasteiger partial charge is 0.284 e. The van der Waals surface area contributed by atoms with E-state index in [4.69, 9.17) is 10.2 Å². The Hall–Kier alpha value is -2.10. The highest BCUT2D eigenvalue weighted by Crippen LogP contribution is 2.22. The Labute approximate surface area is 85.3 Å². The molecule has 2 aromatic rings. The predicted molar refractivity (Wildman–Crippen MR) is 52.6 cm³/mol.